The summed E-state index contributed by atoms with van der Waals surface area (Å²) in [4.78, 5) is 15.4. The maximum absolute atomic E-state index is 13.1. The lowest BCUT2D eigenvalue weighted by atomic mass is 10.2. The number of nitrogens with one attached hydrogen (secondary N) is 1. The Morgan fingerprint density at radius 3 is 2.55 bits per heavy atom. The van der Waals surface area contributed by atoms with Crippen molar-refractivity contribution in [1.29, 1.82) is 0 Å². The number of fused-ring (bicyclic) bond motifs is 1. The lowest BCUT2D eigenvalue weighted by molar-refractivity contribution is 0.0383. The predicted molar refractivity (Wildman–Crippen MR) is 126 cm³/mol. The van der Waals surface area contributed by atoms with Crippen molar-refractivity contribution in [2.45, 2.75) is 6.54 Å². The molecule has 1 fully saturated rings. The van der Waals surface area contributed by atoms with Gasteiger partial charge in [0.15, 0.2) is 0 Å². The summed E-state index contributed by atoms with van der Waals surface area (Å²) in [6.45, 7) is 5.28. The first-order valence-electron chi connectivity index (χ1n) is 10.2. The third kappa shape index (κ3) is 5.06. The van der Waals surface area contributed by atoms with Gasteiger partial charge in [0.05, 0.1) is 42.1 Å². The number of nitrogens with zero attached hydrogens (tertiary/aromatic N) is 2. The number of benzene rings is 1. The topological polar surface area (TPSA) is 65.0 Å². The number of carbonyl (C=O) groups excluding carboxylic acids is 1. The van der Waals surface area contributed by atoms with Crippen LogP contribution in [0.15, 0.2) is 34.1 Å². The van der Waals surface area contributed by atoms with Crippen LogP contribution in [-0.2, 0) is 11.3 Å². The van der Waals surface area contributed by atoms with Crippen LogP contribution in [0, 0.1) is 0 Å². The summed E-state index contributed by atoms with van der Waals surface area (Å²) < 4.78 is 20.3. The second kappa shape index (κ2) is 10.0. The van der Waals surface area contributed by atoms with E-state index in [0.29, 0.717) is 18.8 Å². The van der Waals surface area contributed by atoms with Crippen molar-refractivity contribution in [2.75, 3.05) is 53.6 Å². The van der Waals surface area contributed by atoms with E-state index in [2.05, 4.69) is 26.1 Å². The van der Waals surface area contributed by atoms with Gasteiger partial charge in [0.1, 0.15) is 17.2 Å². The molecule has 1 aliphatic heterocycles. The summed E-state index contributed by atoms with van der Waals surface area (Å²) in [5, 5.41) is 5.13. The second-order valence-corrected chi connectivity index (χ2v) is 9.11. The number of carbonyl (C=O) groups is 1. The van der Waals surface area contributed by atoms with Crippen LogP contribution in [0.3, 0.4) is 0 Å². The number of ether oxygens (including phenoxy) is 3. The molecule has 0 spiro atoms. The van der Waals surface area contributed by atoms with E-state index >= 15 is 0 Å². The minimum atomic E-state index is -0.0709. The fraction of sp³-hybridized carbons (Fsp3) is 0.409. The summed E-state index contributed by atoms with van der Waals surface area (Å²) >= 11 is 5.26. The van der Waals surface area contributed by atoms with Crippen molar-refractivity contribution < 1.29 is 19.0 Å². The number of hydrogen-bond acceptors (Lipinski definition) is 6. The van der Waals surface area contributed by atoms with E-state index < -0.39 is 0 Å². The molecule has 3 heterocycles. The van der Waals surface area contributed by atoms with Crippen LogP contribution in [0.25, 0.3) is 10.2 Å². The Kier molecular flexibility index (Phi) is 7.16. The molecule has 1 amide bonds. The summed E-state index contributed by atoms with van der Waals surface area (Å²) in [5.74, 6) is 1.37. The first-order chi connectivity index (χ1) is 15.1. The quantitative estimate of drug-likeness (QED) is 0.504. The highest BCUT2D eigenvalue weighted by Crippen LogP contribution is 2.34. The van der Waals surface area contributed by atoms with Crippen molar-refractivity contribution in [1.82, 2.24) is 14.8 Å². The normalized spacial score (nSPS) is 14.7. The molecule has 1 aliphatic rings. The third-order valence-electron chi connectivity index (χ3n) is 5.38. The molecule has 9 heteroatoms. The van der Waals surface area contributed by atoms with Gasteiger partial charge in [-0.3, -0.25) is 9.69 Å². The summed E-state index contributed by atoms with van der Waals surface area (Å²) in [5.41, 5.74) is 2.66. The predicted octanol–water partition coefficient (Wildman–Crippen LogP) is 3.59. The fourth-order valence-corrected chi connectivity index (χ4v) is 5.46. The standard InChI is InChI=1S/C22H26BrN3O4S/c1-28-16-9-15(10-17(11-16)29-2)13-26-19(12-20-21(26)18(23)14-31-20)22(27)24-3-4-25-5-7-30-8-6-25/h9-12,14H,3-8,13H2,1-2H3,(H,24,27). The van der Waals surface area contributed by atoms with Gasteiger partial charge >= 0.3 is 0 Å². The number of amides is 1. The van der Waals surface area contributed by atoms with Gasteiger partial charge < -0.3 is 24.1 Å². The molecule has 1 aromatic carbocycles. The average molecular weight is 508 g/mol. The van der Waals surface area contributed by atoms with E-state index in [1.165, 1.54) is 0 Å². The number of halogens is 1. The van der Waals surface area contributed by atoms with Crippen LogP contribution < -0.4 is 14.8 Å². The summed E-state index contributed by atoms with van der Waals surface area (Å²) in [6.07, 6.45) is 0. The van der Waals surface area contributed by atoms with Crippen LogP contribution in [0.5, 0.6) is 11.5 Å². The smallest absolute Gasteiger partial charge is 0.268 e. The van der Waals surface area contributed by atoms with Gasteiger partial charge in [0.25, 0.3) is 5.91 Å². The SMILES string of the molecule is COc1cc(Cn2c(C(=O)NCCN3CCOCC3)cc3scc(Br)c32)cc(OC)c1. The number of aromatic nitrogens is 1. The minimum Gasteiger partial charge on any atom is -0.497 e. The molecule has 2 aromatic heterocycles. The Bertz CT molecular complexity index is 1040. The number of thiophene rings is 1. The first-order valence-corrected chi connectivity index (χ1v) is 11.8. The molecule has 31 heavy (non-hydrogen) atoms. The maximum Gasteiger partial charge on any atom is 0.268 e. The van der Waals surface area contributed by atoms with Gasteiger partial charge in [-0.15, -0.1) is 11.3 Å². The van der Waals surface area contributed by atoms with Crippen LogP contribution in [0.2, 0.25) is 0 Å². The first kappa shape index (κ1) is 22.1. The number of rotatable bonds is 8. The van der Waals surface area contributed by atoms with Crippen molar-refractivity contribution in [3.8, 4) is 11.5 Å². The second-order valence-electron chi connectivity index (χ2n) is 7.34. The van der Waals surface area contributed by atoms with Crippen LogP contribution >= 0.6 is 27.3 Å². The van der Waals surface area contributed by atoms with Crippen LogP contribution in [0.1, 0.15) is 16.1 Å². The largest absolute Gasteiger partial charge is 0.497 e. The zero-order valence-electron chi connectivity index (χ0n) is 17.7. The molecule has 0 radical (unpaired) electrons. The molecular weight excluding hydrogens is 482 g/mol. The van der Waals surface area contributed by atoms with Gasteiger partial charge in [-0.1, -0.05) is 0 Å². The molecular formula is C22H26BrN3O4S. The molecule has 0 saturated carbocycles. The van der Waals surface area contributed by atoms with Gasteiger partial charge in [-0.2, -0.15) is 0 Å². The van der Waals surface area contributed by atoms with Crippen molar-refractivity contribution >= 4 is 43.4 Å². The average Bonchev–Trinajstić information content (AvgIpc) is 3.34. The molecule has 3 aromatic rings. The highest BCUT2D eigenvalue weighted by atomic mass is 79.9. The maximum atomic E-state index is 13.1. The molecule has 4 rings (SSSR count). The Balaban J connectivity index is 1.57. The molecule has 0 unspecified atom stereocenters. The minimum absolute atomic E-state index is 0.0709. The molecule has 0 aliphatic carbocycles. The highest BCUT2D eigenvalue weighted by Gasteiger charge is 2.20. The molecule has 7 nitrogen and oxygen atoms in total. The lowest BCUT2D eigenvalue weighted by Gasteiger charge is -2.26. The highest BCUT2D eigenvalue weighted by molar-refractivity contribution is 9.10. The van der Waals surface area contributed by atoms with Gasteiger partial charge in [0.2, 0.25) is 0 Å². The van der Waals surface area contributed by atoms with Crippen molar-refractivity contribution in [3.63, 3.8) is 0 Å². The van der Waals surface area contributed by atoms with Gasteiger partial charge in [0, 0.05) is 44.2 Å². The lowest BCUT2D eigenvalue weighted by Crippen LogP contribution is -2.41. The zero-order chi connectivity index (χ0) is 21.8. The number of hydrogen-bond donors (Lipinski definition) is 1. The molecule has 166 valence electrons. The molecule has 0 atom stereocenters. The molecule has 0 bridgehead atoms. The van der Waals surface area contributed by atoms with E-state index in [0.717, 1.165) is 64.6 Å². The van der Waals surface area contributed by atoms with Crippen LogP contribution in [0.4, 0.5) is 0 Å². The summed E-state index contributed by atoms with van der Waals surface area (Å²) in [7, 11) is 3.27. The number of morpholine rings is 1. The molecule has 1 saturated heterocycles. The molecule has 1 N–H and O–H groups in total. The van der Waals surface area contributed by atoms with E-state index in [-0.39, 0.29) is 5.91 Å². The van der Waals surface area contributed by atoms with E-state index in [1.807, 2.05) is 34.2 Å². The Labute approximate surface area is 194 Å². The van der Waals surface area contributed by atoms with Crippen molar-refractivity contribution in [3.05, 3.63) is 45.4 Å². The fourth-order valence-electron chi connectivity index (χ4n) is 3.77. The van der Waals surface area contributed by atoms with Crippen molar-refractivity contribution in [2.24, 2.45) is 0 Å². The van der Waals surface area contributed by atoms with Gasteiger partial charge in [-0.25, -0.2) is 0 Å². The Morgan fingerprint density at radius 2 is 1.87 bits per heavy atom. The van der Waals surface area contributed by atoms with Gasteiger partial charge in [-0.05, 0) is 39.7 Å². The van der Waals surface area contributed by atoms with E-state index in [4.69, 9.17) is 14.2 Å². The van der Waals surface area contributed by atoms with Crippen LogP contribution in [-0.4, -0.2) is 69.0 Å². The Hall–Kier alpha value is -2.07. The van der Waals surface area contributed by atoms with E-state index in [9.17, 15) is 4.79 Å². The monoisotopic (exact) mass is 507 g/mol. The number of methoxy groups -OCH3 is 2. The summed E-state index contributed by atoms with van der Waals surface area (Å²) in [6, 6.07) is 7.74. The zero-order valence-corrected chi connectivity index (χ0v) is 20.1. The third-order valence-corrected chi connectivity index (χ3v) is 7.21. The Morgan fingerprint density at radius 1 is 1.16 bits per heavy atom. The van der Waals surface area contributed by atoms with E-state index in [1.54, 1.807) is 25.6 Å².